The topological polar surface area (TPSA) is 22.1 Å². The lowest BCUT2D eigenvalue weighted by molar-refractivity contribution is 0.161. The van der Waals surface area contributed by atoms with Crippen molar-refractivity contribution in [1.29, 1.82) is 0 Å². The number of aromatic nitrogens is 1. The number of hydrogen-bond acceptors (Lipinski definition) is 2. The summed E-state index contributed by atoms with van der Waals surface area (Å²) in [7, 11) is 0. The number of pyridine rings is 1. The molecule has 1 aromatic rings. The minimum atomic E-state index is 0.712. The van der Waals surface area contributed by atoms with E-state index in [4.69, 9.17) is 4.74 Å². The monoisotopic (exact) mass is 239 g/mol. The van der Waals surface area contributed by atoms with Crippen LogP contribution >= 0.6 is 15.9 Å². The minimum absolute atomic E-state index is 0.712. The van der Waals surface area contributed by atoms with Crippen LogP contribution in [0.25, 0.3) is 5.57 Å². The summed E-state index contributed by atoms with van der Waals surface area (Å²) in [6.45, 7) is 1.52. The average molecular weight is 240 g/mol. The molecule has 1 aliphatic rings. The van der Waals surface area contributed by atoms with Crippen LogP contribution < -0.4 is 0 Å². The molecule has 0 aromatic carbocycles. The number of halogens is 1. The Hall–Kier alpha value is -0.670. The van der Waals surface area contributed by atoms with Gasteiger partial charge in [-0.05, 0) is 40.1 Å². The number of rotatable bonds is 1. The van der Waals surface area contributed by atoms with Gasteiger partial charge in [0.05, 0.1) is 18.9 Å². The van der Waals surface area contributed by atoms with Crippen LogP contribution in [0.5, 0.6) is 0 Å². The molecule has 2 heterocycles. The van der Waals surface area contributed by atoms with Crippen molar-refractivity contribution in [1.82, 2.24) is 4.98 Å². The van der Waals surface area contributed by atoms with Gasteiger partial charge in [-0.3, -0.25) is 0 Å². The molecule has 0 spiro atoms. The van der Waals surface area contributed by atoms with E-state index in [1.54, 1.807) is 0 Å². The second-order valence-electron chi connectivity index (χ2n) is 2.90. The molecule has 0 saturated carbocycles. The Morgan fingerprint density at radius 3 is 3.00 bits per heavy atom. The highest BCUT2D eigenvalue weighted by molar-refractivity contribution is 9.10. The molecule has 0 saturated heterocycles. The maximum Gasteiger partial charge on any atom is 0.106 e. The number of nitrogens with zero attached hydrogens (tertiary/aromatic N) is 1. The highest BCUT2D eigenvalue weighted by Crippen LogP contribution is 2.20. The van der Waals surface area contributed by atoms with Gasteiger partial charge in [0.15, 0.2) is 0 Å². The molecule has 0 aliphatic carbocycles. The van der Waals surface area contributed by atoms with Crippen LogP contribution in [0.15, 0.2) is 28.9 Å². The van der Waals surface area contributed by atoms with Crippen LogP contribution in [-0.4, -0.2) is 18.2 Å². The van der Waals surface area contributed by atoms with Crippen LogP contribution in [0.2, 0.25) is 0 Å². The van der Waals surface area contributed by atoms with Gasteiger partial charge in [0, 0.05) is 0 Å². The molecular formula is C10H10BrNO. The molecule has 0 amide bonds. The molecule has 0 bridgehead atoms. The van der Waals surface area contributed by atoms with Crippen molar-refractivity contribution in [2.24, 2.45) is 0 Å². The van der Waals surface area contributed by atoms with Gasteiger partial charge in [-0.25, -0.2) is 4.98 Å². The third-order valence-corrected chi connectivity index (χ3v) is 2.45. The Morgan fingerprint density at radius 2 is 2.31 bits per heavy atom. The summed E-state index contributed by atoms with van der Waals surface area (Å²) >= 11 is 3.36. The third kappa shape index (κ3) is 2.17. The SMILES string of the molecule is Brc1cccc(C2=CCOCC2)n1. The summed E-state index contributed by atoms with van der Waals surface area (Å²) in [5.41, 5.74) is 2.34. The third-order valence-electron chi connectivity index (χ3n) is 2.01. The first-order chi connectivity index (χ1) is 6.36. The molecule has 2 rings (SSSR count). The zero-order valence-electron chi connectivity index (χ0n) is 7.16. The van der Waals surface area contributed by atoms with Gasteiger partial charge >= 0.3 is 0 Å². The predicted octanol–water partition coefficient (Wildman–Crippen LogP) is 2.65. The lowest BCUT2D eigenvalue weighted by Crippen LogP contribution is -2.04. The van der Waals surface area contributed by atoms with E-state index in [1.807, 2.05) is 18.2 Å². The molecule has 0 N–H and O–H groups in total. The first kappa shape index (κ1) is 8.91. The highest BCUT2D eigenvalue weighted by Gasteiger charge is 2.07. The van der Waals surface area contributed by atoms with E-state index in [9.17, 15) is 0 Å². The molecule has 0 atom stereocenters. The fourth-order valence-electron chi connectivity index (χ4n) is 1.35. The van der Waals surface area contributed by atoms with Gasteiger partial charge < -0.3 is 4.74 Å². The summed E-state index contributed by atoms with van der Waals surface area (Å²) in [5, 5.41) is 0. The molecule has 0 radical (unpaired) electrons. The summed E-state index contributed by atoms with van der Waals surface area (Å²) in [5.74, 6) is 0. The standard InChI is InChI=1S/C10H10BrNO/c11-10-3-1-2-9(12-10)8-4-6-13-7-5-8/h1-4H,5-7H2. The Bertz CT molecular complexity index is 335. The number of ether oxygens (including phenoxy) is 1. The second-order valence-corrected chi connectivity index (χ2v) is 3.71. The van der Waals surface area contributed by atoms with Crippen molar-refractivity contribution in [2.45, 2.75) is 6.42 Å². The molecule has 68 valence electrons. The molecule has 0 unspecified atom stereocenters. The predicted molar refractivity (Wildman–Crippen MR) is 55.4 cm³/mol. The quantitative estimate of drug-likeness (QED) is 0.704. The highest BCUT2D eigenvalue weighted by atomic mass is 79.9. The first-order valence-electron chi connectivity index (χ1n) is 4.26. The molecule has 0 fully saturated rings. The van der Waals surface area contributed by atoms with E-state index in [1.165, 1.54) is 5.57 Å². The molecular weight excluding hydrogens is 230 g/mol. The molecule has 13 heavy (non-hydrogen) atoms. The van der Waals surface area contributed by atoms with Gasteiger partial charge in [-0.1, -0.05) is 12.1 Å². The normalized spacial score (nSPS) is 16.8. The second kappa shape index (κ2) is 4.03. The minimum Gasteiger partial charge on any atom is -0.377 e. The van der Waals surface area contributed by atoms with Crippen LogP contribution in [0.3, 0.4) is 0 Å². The van der Waals surface area contributed by atoms with Crippen LogP contribution in [0.1, 0.15) is 12.1 Å². The Labute approximate surface area is 85.8 Å². The van der Waals surface area contributed by atoms with Crippen molar-refractivity contribution in [3.05, 3.63) is 34.6 Å². The fourth-order valence-corrected chi connectivity index (χ4v) is 1.69. The fraction of sp³-hybridized carbons (Fsp3) is 0.300. The van der Waals surface area contributed by atoms with E-state index >= 15 is 0 Å². The smallest absolute Gasteiger partial charge is 0.106 e. The Balaban J connectivity index is 2.29. The zero-order valence-corrected chi connectivity index (χ0v) is 8.75. The van der Waals surface area contributed by atoms with E-state index in [0.717, 1.165) is 23.3 Å². The molecule has 1 aliphatic heterocycles. The number of hydrogen-bond donors (Lipinski definition) is 0. The largest absolute Gasteiger partial charge is 0.377 e. The van der Waals surface area contributed by atoms with Crippen LogP contribution in [0, 0.1) is 0 Å². The van der Waals surface area contributed by atoms with E-state index in [0.29, 0.717) is 6.61 Å². The molecule has 3 heteroatoms. The lowest BCUT2D eigenvalue weighted by atomic mass is 10.1. The van der Waals surface area contributed by atoms with Crippen LogP contribution in [0.4, 0.5) is 0 Å². The molecule has 1 aromatic heterocycles. The van der Waals surface area contributed by atoms with Crippen molar-refractivity contribution >= 4 is 21.5 Å². The lowest BCUT2D eigenvalue weighted by Gasteiger charge is -2.12. The first-order valence-corrected chi connectivity index (χ1v) is 5.05. The van der Waals surface area contributed by atoms with E-state index < -0.39 is 0 Å². The maximum atomic E-state index is 5.24. The van der Waals surface area contributed by atoms with Crippen molar-refractivity contribution in [3.63, 3.8) is 0 Å². The summed E-state index contributed by atoms with van der Waals surface area (Å²) in [6.07, 6.45) is 3.06. The summed E-state index contributed by atoms with van der Waals surface area (Å²) in [6, 6.07) is 5.97. The van der Waals surface area contributed by atoms with Gasteiger partial charge in [0.2, 0.25) is 0 Å². The van der Waals surface area contributed by atoms with Gasteiger partial charge in [0.25, 0.3) is 0 Å². The maximum absolute atomic E-state index is 5.24. The summed E-state index contributed by atoms with van der Waals surface area (Å²) < 4.78 is 6.12. The van der Waals surface area contributed by atoms with E-state index in [-0.39, 0.29) is 0 Å². The van der Waals surface area contributed by atoms with Gasteiger partial charge in [-0.15, -0.1) is 0 Å². The Kier molecular flexibility index (Phi) is 2.76. The Morgan fingerprint density at radius 1 is 1.38 bits per heavy atom. The van der Waals surface area contributed by atoms with Gasteiger partial charge in [-0.2, -0.15) is 0 Å². The van der Waals surface area contributed by atoms with Crippen molar-refractivity contribution in [3.8, 4) is 0 Å². The molecule has 2 nitrogen and oxygen atoms in total. The average Bonchev–Trinajstić information content (AvgIpc) is 2.19. The summed E-state index contributed by atoms with van der Waals surface area (Å²) in [4.78, 5) is 4.39. The van der Waals surface area contributed by atoms with Gasteiger partial charge in [0.1, 0.15) is 4.60 Å². The zero-order chi connectivity index (χ0) is 9.10. The van der Waals surface area contributed by atoms with E-state index in [2.05, 4.69) is 27.0 Å². The van der Waals surface area contributed by atoms with Crippen molar-refractivity contribution < 1.29 is 4.74 Å². The van der Waals surface area contributed by atoms with Crippen LogP contribution in [-0.2, 0) is 4.74 Å². The van der Waals surface area contributed by atoms with Crippen molar-refractivity contribution in [2.75, 3.05) is 13.2 Å².